The van der Waals surface area contributed by atoms with Crippen molar-refractivity contribution in [2.45, 2.75) is 6.92 Å². The van der Waals surface area contributed by atoms with Crippen molar-refractivity contribution < 1.29 is 0 Å². The number of nitrogens with zero attached hydrogens (tertiary/aromatic N) is 4. The third kappa shape index (κ3) is 3.35. The molecule has 6 heteroatoms. The van der Waals surface area contributed by atoms with E-state index in [2.05, 4.69) is 30.6 Å². The molecule has 0 fully saturated rings. The Bertz CT molecular complexity index is 730. The molecule has 0 unspecified atom stereocenters. The minimum Gasteiger partial charge on any atom is -0.354 e. The summed E-state index contributed by atoms with van der Waals surface area (Å²) in [4.78, 5) is 17.3. The lowest BCUT2D eigenvalue weighted by Gasteiger charge is -2.09. The van der Waals surface area contributed by atoms with Crippen molar-refractivity contribution >= 4 is 17.6 Å². The van der Waals surface area contributed by atoms with Crippen molar-refractivity contribution in [2.24, 2.45) is 0 Å². The van der Waals surface area contributed by atoms with Crippen LogP contribution >= 0.6 is 0 Å². The van der Waals surface area contributed by atoms with Crippen molar-refractivity contribution in [3.8, 4) is 11.4 Å². The van der Waals surface area contributed by atoms with Gasteiger partial charge in [-0.2, -0.15) is 15.0 Å². The quantitative estimate of drug-likeness (QED) is 0.752. The Hall–Kier alpha value is -3.02. The highest BCUT2D eigenvalue weighted by Gasteiger charge is 2.08. The number of anilines is 3. The molecule has 0 aliphatic rings. The Kier molecular flexibility index (Phi) is 4.20. The van der Waals surface area contributed by atoms with Gasteiger partial charge in [0.15, 0.2) is 5.82 Å². The van der Waals surface area contributed by atoms with E-state index in [0.29, 0.717) is 17.7 Å². The summed E-state index contributed by atoms with van der Waals surface area (Å²) in [5, 5.41) is 6.30. The summed E-state index contributed by atoms with van der Waals surface area (Å²) in [6.07, 6.45) is 3.43. The molecule has 3 aromatic rings. The largest absolute Gasteiger partial charge is 0.354 e. The second-order valence-corrected chi connectivity index (χ2v) is 4.56. The summed E-state index contributed by atoms with van der Waals surface area (Å²) in [7, 11) is 0. The Labute approximate surface area is 128 Å². The van der Waals surface area contributed by atoms with E-state index in [0.717, 1.165) is 17.8 Å². The van der Waals surface area contributed by atoms with E-state index >= 15 is 0 Å². The minimum absolute atomic E-state index is 0.496. The summed E-state index contributed by atoms with van der Waals surface area (Å²) >= 11 is 0. The first kappa shape index (κ1) is 13.9. The maximum Gasteiger partial charge on any atom is 0.232 e. The summed E-state index contributed by atoms with van der Waals surface area (Å²) in [5.74, 6) is 1.67. The molecule has 2 N–H and O–H groups in total. The number of hydrogen-bond acceptors (Lipinski definition) is 6. The van der Waals surface area contributed by atoms with E-state index in [4.69, 9.17) is 0 Å². The van der Waals surface area contributed by atoms with Gasteiger partial charge in [0.2, 0.25) is 11.9 Å². The zero-order chi connectivity index (χ0) is 15.2. The highest BCUT2D eigenvalue weighted by atomic mass is 15.2. The number of pyridine rings is 1. The molecule has 0 atom stereocenters. The van der Waals surface area contributed by atoms with Crippen LogP contribution in [0, 0.1) is 0 Å². The molecule has 110 valence electrons. The molecule has 0 saturated heterocycles. The fourth-order valence-corrected chi connectivity index (χ4v) is 1.95. The maximum absolute atomic E-state index is 4.49. The van der Waals surface area contributed by atoms with Gasteiger partial charge < -0.3 is 10.6 Å². The van der Waals surface area contributed by atoms with E-state index in [1.165, 1.54) is 0 Å². The van der Waals surface area contributed by atoms with Crippen LogP contribution in [0.15, 0.2) is 54.9 Å². The predicted octanol–water partition coefficient (Wildman–Crippen LogP) is 3.11. The van der Waals surface area contributed by atoms with Crippen molar-refractivity contribution in [1.82, 2.24) is 19.9 Å². The van der Waals surface area contributed by atoms with E-state index in [1.54, 1.807) is 12.4 Å². The normalized spacial score (nSPS) is 10.2. The molecule has 0 aliphatic carbocycles. The van der Waals surface area contributed by atoms with E-state index in [1.807, 2.05) is 49.4 Å². The molecule has 0 amide bonds. The minimum atomic E-state index is 0.496. The lowest BCUT2D eigenvalue weighted by molar-refractivity contribution is 1.03. The van der Waals surface area contributed by atoms with Crippen LogP contribution in [0.2, 0.25) is 0 Å². The van der Waals surface area contributed by atoms with Gasteiger partial charge in [-0.3, -0.25) is 4.98 Å². The van der Waals surface area contributed by atoms with Crippen LogP contribution in [-0.4, -0.2) is 26.5 Å². The smallest absolute Gasteiger partial charge is 0.232 e. The second-order valence-electron chi connectivity index (χ2n) is 4.56. The van der Waals surface area contributed by atoms with E-state index in [-0.39, 0.29) is 0 Å². The van der Waals surface area contributed by atoms with Crippen molar-refractivity contribution in [3.63, 3.8) is 0 Å². The summed E-state index contributed by atoms with van der Waals surface area (Å²) in [5.41, 5.74) is 1.82. The van der Waals surface area contributed by atoms with Crippen molar-refractivity contribution in [3.05, 3.63) is 54.9 Å². The molecule has 0 radical (unpaired) electrons. The molecular formula is C16H16N6. The molecule has 3 rings (SSSR count). The number of nitrogens with one attached hydrogen (secondary N) is 2. The van der Waals surface area contributed by atoms with Gasteiger partial charge in [0.1, 0.15) is 0 Å². The second kappa shape index (κ2) is 6.62. The zero-order valence-corrected chi connectivity index (χ0v) is 12.2. The molecule has 0 saturated carbocycles. The molecule has 2 heterocycles. The van der Waals surface area contributed by atoms with Crippen LogP contribution in [0.5, 0.6) is 0 Å². The molecule has 0 aliphatic heterocycles. The lowest BCUT2D eigenvalue weighted by Crippen LogP contribution is -2.07. The molecular weight excluding hydrogens is 276 g/mol. The molecule has 22 heavy (non-hydrogen) atoms. The number of benzene rings is 1. The van der Waals surface area contributed by atoms with E-state index in [9.17, 15) is 0 Å². The Morgan fingerprint density at radius 2 is 1.59 bits per heavy atom. The lowest BCUT2D eigenvalue weighted by atomic mass is 10.2. The van der Waals surface area contributed by atoms with E-state index < -0.39 is 0 Å². The summed E-state index contributed by atoms with van der Waals surface area (Å²) in [6.45, 7) is 2.74. The Morgan fingerprint density at radius 3 is 2.32 bits per heavy atom. The Balaban J connectivity index is 1.97. The van der Waals surface area contributed by atoms with Crippen molar-refractivity contribution in [2.75, 3.05) is 17.2 Å². The molecule has 0 spiro atoms. The molecule has 1 aromatic carbocycles. The highest BCUT2D eigenvalue weighted by Crippen LogP contribution is 2.19. The highest BCUT2D eigenvalue weighted by molar-refractivity contribution is 5.60. The third-order valence-corrected chi connectivity index (χ3v) is 2.94. The van der Waals surface area contributed by atoms with Gasteiger partial charge in [0.25, 0.3) is 0 Å². The van der Waals surface area contributed by atoms with Crippen LogP contribution < -0.4 is 10.6 Å². The van der Waals surface area contributed by atoms with Gasteiger partial charge in [0.05, 0.1) is 0 Å². The predicted molar refractivity (Wildman–Crippen MR) is 86.9 cm³/mol. The van der Waals surface area contributed by atoms with Crippen LogP contribution in [0.4, 0.5) is 17.6 Å². The molecule has 6 nitrogen and oxygen atoms in total. The average molecular weight is 292 g/mol. The molecule has 0 bridgehead atoms. The van der Waals surface area contributed by atoms with Gasteiger partial charge in [-0.25, -0.2) is 0 Å². The molecule has 2 aromatic heterocycles. The van der Waals surface area contributed by atoms with Crippen LogP contribution in [-0.2, 0) is 0 Å². The number of rotatable bonds is 5. The van der Waals surface area contributed by atoms with Crippen LogP contribution in [0.1, 0.15) is 6.92 Å². The third-order valence-electron chi connectivity index (χ3n) is 2.94. The maximum atomic E-state index is 4.49. The first-order valence-electron chi connectivity index (χ1n) is 7.07. The van der Waals surface area contributed by atoms with Crippen LogP contribution in [0.25, 0.3) is 11.4 Å². The van der Waals surface area contributed by atoms with Gasteiger partial charge >= 0.3 is 0 Å². The monoisotopic (exact) mass is 292 g/mol. The van der Waals surface area contributed by atoms with Gasteiger partial charge in [0, 0.05) is 30.2 Å². The fraction of sp³-hybridized carbons (Fsp3) is 0.125. The standard InChI is InChI=1S/C16H16N6/c1-2-18-15-20-14(12-6-4-3-5-7-12)21-16(22-15)19-13-8-10-17-11-9-13/h3-11H,2H2,1H3,(H2,17,18,19,20,21,22). The van der Waals surface area contributed by atoms with Gasteiger partial charge in [-0.05, 0) is 19.1 Å². The SMILES string of the molecule is CCNc1nc(Nc2ccncc2)nc(-c2ccccc2)n1. The summed E-state index contributed by atoms with van der Waals surface area (Å²) < 4.78 is 0. The Morgan fingerprint density at radius 1 is 0.864 bits per heavy atom. The van der Waals surface area contributed by atoms with Crippen LogP contribution in [0.3, 0.4) is 0 Å². The fourth-order valence-electron chi connectivity index (χ4n) is 1.95. The first-order chi connectivity index (χ1) is 10.8. The van der Waals surface area contributed by atoms with Gasteiger partial charge in [-0.1, -0.05) is 30.3 Å². The first-order valence-corrected chi connectivity index (χ1v) is 7.07. The zero-order valence-electron chi connectivity index (χ0n) is 12.2. The van der Waals surface area contributed by atoms with Gasteiger partial charge in [-0.15, -0.1) is 0 Å². The summed E-state index contributed by atoms with van der Waals surface area (Å²) in [6, 6.07) is 13.6. The van der Waals surface area contributed by atoms with Crippen molar-refractivity contribution in [1.29, 1.82) is 0 Å². The number of aromatic nitrogens is 4. The average Bonchev–Trinajstić information content (AvgIpc) is 2.57. The number of hydrogen-bond donors (Lipinski definition) is 2. The topological polar surface area (TPSA) is 75.6 Å².